The molecule has 3 rings (SSSR count). The lowest BCUT2D eigenvalue weighted by Crippen LogP contribution is -2.39. The Kier molecular flexibility index (Phi) is 4.68. The van der Waals surface area contributed by atoms with Gasteiger partial charge in [-0.2, -0.15) is 5.10 Å². The Morgan fingerprint density at radius 3 is 2.91 bits per heavy atom. The number of aryl methyl sites for hydroxylation is 2. The molecule has 2 aromatic rings. The smallest absolute Gasteiger partial charge is 0.122 e. The summed E-state index contributed by atoms with van der Waals surface area (Å²) in [5.74, 6) is 0.851. The van der Waals surface area contributed by atoms with Gasteiger partial charge in [0.25, 0.3) is 0 Å². The van der Waals surface area contributed by atoms with Crippen molar-refractivity contribution in [2.24, 2.45) is 0 Å². The second-order valence-corrected chi connectivity index (χ2v) is 6.44. The van der Waals surface area contributed by atoms with Crippen molar-refractivity contribution in [3.8, 4) is 5.75 Å². The van der Waals surface area contributed by atoms with Gasteiger partial charge in [0.05, 0.1) is 6.20 Å². The normalized spacial score (nSPS) is 21.7. The fraction of sp³-hybridized carbons (Fsp3) is 0.500. The predicted octanol–water partition coefficient (Wildman–Crippen LogP) is 2.23. The van der Waals surface area contributed by atoms with Crippen LogP contribution in [-0.4, -0.2) is 45.1 Å². The lowest BCUT2D eigenvalue weighted by atomic mass is 10.1. The number of aromatic nitrogens is 2. The molecule has 1 aromatic carbocycles. The molecule has 1 saturated heterocycles. The summed E-state index contributed by atoms with van der Waals surface area (Å²) in [5, 5.41) is 15.1. The predicted molar refractivity (Wildman–Crippen MR) is 89.4 cm³/mol. The maximum Gasteiger partial charge on any atom is 0.122 e. The van der Waals surface area contributed by atoms with E-state index in [-0.39, 0.29) is 0 Å². The number of β-amino-alcohol motifs (C(OH)–C–C–N with tert-alkyl or cyclic N) is 1. The monoisotopic (exact) mass is 315 g/mol. The zero-order chi connectivity index (χ0) is 16.3. The molecule has 0 saturated carbocycles. The maximum absolute atomic E-state index is 10.8. The van der Waals surface area contributed by atoms with Crippen molar-refractivity contribution in [3.63, 3.8) is 0 Å². The molecule has 5 nitrogen and oxygen atoms in total. The van der Waals surface area contributed by atoms with Crippen LogP contribution in [0, 0.1) is 6.92 Å². The molecule has 1 aromatic heterocycles. The molecule has 124 valence electrons. The van der Waals surface area contributed by atoms with E-state index in [4.69, 9.17) is 4.74 Å². The van der Waals surface area contributed by atoms with E-state index in [2.05, 4.69) is 23.1 Å². The topological polar surface area (TPSA) is 50.5 Å². The van der Waals surface area contributed by atoms with E-state index in [1.165, 1.54) is 5.56 Å². The molecule has 0 spiro atoms. The molecule has 1 unspecified atom stereocenters. The van der Waals surface area contributed by atoms with Crippen LogP contribution in [0.3, 0.4) is 0 Å². The SMILES string of the molecule is CCn1cc(CN2CCC(O)(COc3ccccc3C)C2)cn1. The summed E-state index contributed by atoms with van der Waals surface area (Å²) in [5.41, 5.74) is 1.51. The van der Waals surface area contributed by atoms with E-state index >= 15 is 0 Å². The van der Waals surface area contributed by atoms with Gasteiger partial charge in [0, 0.05) is 37.9 Å². The molecule has 0 aliphatic carbocycles. The minimum absolute atomic E-state index is 0.336. The molecule has 1 atom stereocenters. The quantitative estimate of drug-likeness (QED) is 0.888. The van der Waals surface area contributed by atoms with Gasteiger partial charge in [0.1, 0.15) is 18.0 Å². The summed E-state index contributed by atoms with van der Waals surface area (Å²) in [6.45, 7) is 7.66. The van der Waals surface area contributed by atoms with E-state index in [1.54, 1.807) is 0 Å². The standard InChI is InChI=1S/C18H25N3O2/c1-3-21-12-16(10-19-21)11-20-9-8-18(22,13-20)14-23-17-7-5-4-6-15(17)2/h4-7,10,12,22H,3,8-9,11,13-14H2,1-2H3. The van der Waals surface area contributed by atoms with Gasteiger partial charge in [-0.05, 0) is 31.9 Å². The lowest BCUT2D eigenvalue weighted by Gasteiger charge is -2.24. The minimum atomic E-state index is -0.775. The van der Waals surface area contributed by atoms with Crippen LogP contribution < -0.4 is 4.74 Å². The highest BCUT2D eigenvalue weighted by Gasteiger charge is 2.37. The number of nitrogens with zero attached hydrogens (tertiary/aromatic N) is 3. The minimum Gasteiger partial charge on any atom is -0.490 e. The fourth-order valence-electron chi connectivity index (χ4n) is 3.04. The number of hydrogen-bond acceptors (Lipinski definition) is 4. The molecule has 2 heterocycles. The second-order valence-electron chi connectivity index (χ2n) is 6.44. The molecule has 1 aliphatic heterocycles. The molecular weight excluding hydrogens is 290 g/mol. The molecule has 1 fully saturated rings. The molecule has 5 heteroatoms. The van der Waals surface area contributed by atoms with Crippen molar-refractivity contribution in [1.82, 2.24) is 14.7 Å². The van der Waals surface area contributed by atoms with E-state index in [0.717, 1.165) is 37.4 Å². The van der Waals surface area contributed by atoms with Gasteiger partial charge in [-0.25, -0.2) is 0 Å². The number of benzene rings is 1. The van der Waals surface area contributed by atoms with E-state index in [1.807, 2.05) is 42.1 Å². The zero-order valence-corrected chi connectivity index (χ0v) is 13.9. The first-order valence-electron chi connectivity index (χ1n) is 8.22. The number of ether oxygens (including phenoxy) is 1. The highest BCUT2D eigenvalue weighted by molar-refractivity contribution is 5.31. The number of likely N-dealkylation sites (tertiary alicyclic amines) is 1. The molecule has 1 N–H and O–H groups in total. The Morgan fingerprint density at radius 2 is 2.17 bits per heavy atom. The first kappa shape index (κ1) is 16.0. The van der Waals surface area contributed by atoms with E-state index in [9.17, 15) is 5.11 Å². The van der Waals surface area contributed by atoms with Crippen molar-refractivity contribution in [2.75, 3.05) is 19.7 Å². The van der Waals surface area contributed by atoms with Gasteiger partial charge >= 0.3 is 0 Å². The third kappa shape index (κ3) is 3.92. The Hall–Kier alpha value is -1.85. The van der Waals surface area contributed by atoms with Crippen LogP contribution in [0.4, 0.5) is 0 Å². The van der Waals surface area contributed by atoms with Crippen molar-refractivity contribution < 1.29 is 9.84 Å². The first-order chi connectivity index (χ1) is 11.1. The van der Waals surface area contributed by atoms with Gasteiger partial charge in [-0.3, -0.25) is 9.58 Å². The number of para-hydroxylation sites is 1. The van der Waals surface area contributed by atoms with E-state index < -0.39 is 5.60 Å². The van der Waals surface area contributed by atoms with Gasteiger partial charge in [0.15, 0.2) is 0 Å². The van der Waals surface area contributed by atoms with Gasteiger partial charge in [0.2, 0.25) is 0 Å². The molecule has 0 bridgehead atoms. The highest BCUT2D eigenvalue weighted by Crippen LogP contribution is 2.25. The van der Waals surface area contributed by atoms with Crippen LogP contribution in [0.2, 0.25) is 0 Å². The summed E-state index contributed by atoms with van der Waals surface area (Å²) < 4.78 is 7.78. The Morgan fingerprint density at radius 1 is 1.35 bits per heavy atom. The van der Waals surface area contributed by atoms with E-state index in [0.29, 0.717) is 13.2 Å². The Bertz CT molecular complexity index is 655. The highest BCUT2D eigenvalue weighted by atomic mass is 16.5. The van der Waals surface area contributed by atoms with Crippen LogP contribution in [-0.2, 0) is 13.1 Å². The number of aliphatic hydroxyl groups is 1. The number of hydrogen-bond donors (Lipinski definition) is 1. The van der Waals surface area contributed by atoms with Crippen LogP contribution in [0.25, 0.3) is 0 Å². The Labute approximate surface area is 137 Å². The molecule has 0 amide bonds. The third-order valence-corrected chi connectivity index (χ3v) is 4.42. The van der Waals surface area contributed by atoms with Crippen molar-refractivity contribution >= 4 is 0 Å². The van der Waals surface area contributed by atoms with Crippen LogP contribution in [0.5, 0.6) is 5.75 Å². The summed E-state index contributed by atoms with van der Waals surface area (Å²) in [6.07, 6.45) is 4.71. The van der Waals surface area contributed by atoms with Crippen molar-refractivity contribution in [2.45, 2.75) is 39.0 Å². The van der Waals surface area contributed by atoms with Gasteiger partial charge in [-0.15, -0.1) is 0 Å². The summed E-state index contributed by atoms with van der Waals surface area (Å²) in [6, 6.07) is 7.92. The van der Waals surface area contributed by atoms with Gasteiger partial charge in [-0.1, -0.05) is 18.2 Å². The van der Waals surface area contributed by atoms with Crippen LogP contribution >= 0.6 is 0 Å². The second kappa shape index (κ2) is 6.72. The third-order valence-electron chi connectivity index (χ3n) is 4.42. The molecule has 23 heavy (non-hydrogen) atoms. The lowest BCUT2D eigenvalue weighted by molar-refractivity contribution is 0.00320. The average molecular weight is 315 g/mol. The Balaban J connectivity index is 1.54. The van der Waals surface area contributed by atoms with Crippen LogP contribution in [0.1, 0.15) is 24.5 Å². The molecular formula is C18H25N3O2. The first-order valence-corrected chi connectivity index (χ1v) is 8.22. The largest absolute Gasteiger partial charge is 0.490 e. The summed E-state index contributed by atoms with van der Waals surface area (Å²) >= 11 is 0. The fourth-order valence-corrected chi connectivity index (χ4v) is 3.04. The van der Waals surface area contributed by atoms with Crippen LogP contribution in [0.15, 0.2) is 36.7 Å². The summed E-state index contributed by atoms with van der Waals surface area (Å²) in [7, 11) is 0. The van der Waals surface area contributed by atoms with Crippen molar-refractivity contribution in [1.29, 1.82) is 0 Å². The molecule has 1 aliphatic rings. The van der Waals surface area contributed by atoms with Gasteiger partial charge < -0.3 is 9.84 Å². The number of rotatable bonds is 6. The zero-order valence-electron chi connectivity index (χ0n) is 13.9. The van der Waals surface area contributed by atoms with Crippen molar-refractivity contribution in [3.05, 3.63) is 47.8 Å². The molecule has 0 radical (unpaired) electrons. The summed E-state index contributed by atoms with van der Waals surface area (Å²) in [4.78, 5) is 2.26. The average Bonchev–Trinajstić information content (AvgIpc) is 3.14. The maximum atomic E-state index is 10.8.